The maximum atomic E-state index is 4.25. The van der Waals surface area contributed by atoms with Crippen LogP contribution in [0.3, 0.4) is 0 Å². The highest BCUT2D eigenvalue weighted by Crippen LogP contribution is 1.91. The molecule has 1 heterocycles. The molecule has 0 spiro atoms. The molecule has 0 unspecified atom stereocenters. The summed E-state index contributed by atoms with van der Waals surface area (Å²) in [4.78, 5) is 4.25. The van der Waals surface area contributed by atoms with Crippen molar-refractivity contribution in [3.8, 4) is 0 Å². The van der Waals surface area contributed by atoms with Crippen molar-refractivity contribution in [2.75, 3.05) is 13.1 Å². The van der Waals surface area contributed by atoms with Crippen LogP contribution in [0.2, 0.25) is 0 Å². The zero-order chi connectivity index (χ0) is 5.82. The zero-order valence-electron chi connectivity index (χ0n) is 5.28. The number of nitrogens with one attached hydrogen (secondary N) is 1. The minimum absolute atomic E-state index is 1.02. The summed E-state index contributed by atoms with van der Waals surface area (Å²) in [6, 6.07) is 0. The zero-order valence-corrected chi connectivity index (χ0v) is 5.28. The minimum atomic E-state index is 1.02. The smallest absolute Gasteiger partial charge is 0.0960 e. The Labute approximate surface area is 50.0 Å². The second-order valence-corrected chi connectivity index (χ2v) is 1.96. The predicted molar refractivity (Wildman–Crippen MR) is 35.2 cm³/mol. The van der Waals surface area contributed by atoms with Crippen LogP contribution in [-0.2, 0) is 0 Å². The van der Waals surface area contributed by atoms with Crippen LogP contribution >= 0.6 is 0 Å². The minimum Gasteiger partial charge on any atom is -0.374 e. The summed E-state index contributed by atoms with van der Waals surface area (Å²) in [5.74, 6) is 1.18. The fourth-order valence-corrected chi connectivity index (χ4v) is 0.818. The normalized spacial score (nSPS) is 19.4. The third kappa shape index (κ3) is 1.22. The van der Waals surface area contributed by atoms with E-state index in [0.717, 1.165) is 19.5 Å². The molecule has 1 rings (SSSR count). The number of nitrogens with zero attached hydrogens (tertiary/aromatic N) is 1. The molecule has 1 aliphatic heterocycles. The van der Waals surface area contributed by atoms with E-state index in [1.165, 1.54) is 12.3 Å². The Bertz CT molecular complexity index is 96.7. The van der Waals surface area contributed by atoms with Crippen molar-refractivity contribution in [3.05, 3.63) is 0 Å². The summed E-state index contributed by atoms with van der Waals surface area (Å²) in [6.07, 6.45) is 2.25. The Morgan fingerprint density at radius 2 is 2.62 bits per heavy atom. The van der Waals surface area contributed by atoms with E-state index in [-0.39, 0.29) is 0 Å². The van der Waals surface area contributed by atoms with Gasteiger partial charge in [0.05, 0.1) is 5.84 Å². The average molecular weight is 112 g/mol. The standard InChI is InChI=1S/C6H12N2/c1-2-6-7-4-3-5-8-6/h2-5H2,1H3,(H,7,8). The van der Waals surface area contributed by atoms with Gasteiger partial charge >= 0.3 is 0 Å². The molecule has 46 valence electrons. The third-order valence-corrected chi connectivity index (χ3v) is 1.30. The van der Waals surface area contributed by atoms with Gasteiger partial charge in [-0.25, -0.2) is 0 Å². The van der Waals surface area contributed by atoms with Gasteiger partial charge in [0.25, 0.3) is 0 Å². The van der Waals surface area contributed by atoms with E-state index in [0.29, 0.717) is 0 Å². The summed E-state index contributed by atoms with van der Waals surface area (Å²) in [7, 11) is 0. The van der Waals surface area contributed by atoms with Crippen LogP contribution < -0.4 is 5.32 Å². The molecule has 8 heavy (non-hydrogen) atoms. The molecule has 0 atom stereocenters. The molecule has 0 aromatic heterocycles. The number of aliphatic imine (C=N–C) groups is 1. The molecule has 2 nitrogen and oxygen atoms in total. The van der Waals surface area contributed by atoms with Gasteiger partial charge in [0.2, 0.25) is 0 Å². The lowest BCUT2D eigenvalue weighted by atomic mass is 10.3. The van der Waals surface area contributed by atoms with Gasteiger partial charge in [0.1, 0.15) is 0 Å². The van der Waals surface area contributed by atoms with Crippen molar-refractivity contribution >= 4 is 5.84 Å². The van der Waals surface area contributed by atoms with Crippen molar-refractivity contribution < 1.29 is 0 Å². The lowest BCUT2D eigenvalue weighted by Gasteiger charge is -2.11. The van der Waals surface area contributed by atoms with E-state index in [4.69, 9.17) is 0 Å². The van der Waals surface area contributed by atoms with Crippen molar-refractivity contribution in [2.45, 2.75) is 19.8 Å². The van der Waals surface area contributed by atoms with Gasteiger partial charge in [-0.2, -0.15) is 0 Å². The van der Waals surface area contributed by atoms with Gasteiger partial charge < -0.3 is 5.32 Å². The molecule has 1 N–H and O–H groups in total. The molecule has 0 fully saturated rings. The van der Waals surface area contributed by atoms with Crippen LogP contribution in [0.5, 0.6) is 0 Å². The molecular formula is C6H12N2. The van der Waals surface area contributed by atoms with Crippen LogP contribution in [0, 0.1) is 0 Å². The van der Waals surface area contributed by atoms with Crippen LogP contribution in [0.4, 0.5) is 0 Å². The average Bonchev–Trinajstić information content (AvgIpc) is 1.90. The van der Waals surface area contributed by atoms with E-state index in [1.807, 2.05) is 0 Å². The summed E-state index contributed by atoms with van der Waals surface area (Å²) in [5, 5.41) is 3.22. The van der Waals surface area contributed by atoms with Crippen molar-refractivity contribution in [1.82, 2.24) is 5.32 Å². The largest absolute Gasteiger partial charge is 0.374 e. The first-order chi connectivity index (χ1) is 3.93. The van der Waals surface area contributed by atoms with Crippen LogP contribution in [0.1, 0.15) is 19.8 Å². The van der Waals surface area contributed by atoms with Crippen molar-refractivity contribution in [3.63, 3.8) is 0 Å². The summed E-state index contributed by atoms with van der Waals surface area (Å²) >= 11 is 0. The molecule has 0 amide bonds. The molecule has 0 saturated heterocycles. The van der Waals surface area contributed by atoms with E-state index in [9.17, 15) is 0 Å². The summed E-state index contributed by atoms with van der Waals surface area (Å²) < 4.78 is 0. The lowest BCUT2D eigenvalue weighted by Crippen LogP contribution is -2.28. The molecule has 2 heteroatoms. The highest BCUT2D eigenvalue weighted by atomic mass is 15.0. The van der Waals surface area contributed by atoms with Crippen LogP contribution in [0.25, 0.3) is 0 Å². The first-order valence-corrected chi connectivity index (χ1v) is 3.20. The Hall–Kier alpha value is -0.530. The SMILES string of the molecule is CCC1=NCCCN1. The Balaban J connectivity index is 2.37. The molecule has 0 radical (unpaired) electrons. The third-order valence-electron chi connectivity index (χ3n) is 1.30. The van der Waals surface area contributed by atoms with Crippen molar-refractivity contribution in [2.24, 2.45) is 4.99 Å². The van der Waals surface area contributed by atoms with Gasteiger partial charge in [0, 0.05) is 19.5 Å². The molecule has 0 aromatic rings. The number of hydrogen-bond acceptors (Lipinski definition) is 2. The molecule has 0 aromatic carbocycles. The molecular weight excluding hydrogens is 100 g/mol. The summed E-state index contributed by atoms with van der Waals surface area (Å²) in [5.41, 5.74) is 0. The van der Waals surface area contributed by atoms with Crippen molar-refractivity contribution in [1.29, 1.82) is 0 Å². The lowest BCUT2D eigenvalue weighted by molar-refractivity contribution is 0.729. The Kier molecular flexibility index (Phi) is 1.89. The second kappa shape index (κ2) is 2.70. The van der Waals surface area contributed by atoms with Gasteiger partial charge in [0.15, 0.2) is 0 Å². The Morgan fingerprint density at radius 3 is 3.00 bits per heavy atom. The van der Waals surface area contributed by atoms with E-state index in [1.54, 1.807) is 0 Å². The highest BCUT2D eigenvalue weighted by Gasteiger charge is 1.98. The Morgan fingerprint density at radius 1 is 1.75 bits per heavy atom. The number of amidine groups is 1. The monoisotopic (exact) mass is 112 g/mol. The maximum absolute atomic E-state index is 4.25. The molecule has 0 saturated carbocycles. The first-order valence-electron chi connectivity index (χ1n) is 3.20. The van der Waals surface area contributed by atoms with Gasteiger partial charge in [-0.05, 0) is 6.42 Å². The van der Waals surface area contributed by atoms with E-state index in [2.05, 4.69) is 17.2 Å². The number of rotatable bonds is 1. The molecule has 1 aliphatic rings. The van der Waals surface area contributed by atoms with Gasteiger partial charge in [-0.1, -0.05) is 6.92 Å². The summed E-state index contributed by atoms with van der Waals surface area (Å²) in [6.45, 7) is 4.26. The molecule has 0 bridgehead atoms. The quantitative estimate of drug-likeness (QED) is 0.533. The maximum Gasteiger partial charge on any atom is 0.0960 e. The molecule has 0 aliphatic carbocycles. The van der Waals surface area contributed by atoms with E-state index < -0.39 is 0 Å². The topological polar surface area (TPSA) is 24.4 Å². The first kappa shape index (κ1) is 5.60. The van der Waals surface area contributed by atoms with Gasteiger partial charge in [-0.3, -0.25) is 4.99 Å². The highest BCUT2D eigenvalue weighted by molar-refractivity contribution is 5.82. The van der Waals surface area contributed by atoms with E-state index >= 15 is 0 Å². The van der Waals surface area contributed by atoms with Crippen LogP contribution in [0.15, 0.2) is 4.99 Å². The van der Waals surface area contributed by atoms with Crippen LogP contribution in [-0.4, -0.2) is 18.9 Å². The van der Waals surface area contributed by atoms with Gasteiger partial charge in [-0.15, -0.1) is 0 Å². The fourth-order valence-electron chi connectivity index (χ4n) is 0.818. The predicted octanol–water partition coefficient (Wildman–Crippen LogP) is 0.788. The second-order valence-electron chi connectivity index (χ2n) is 1.96. The number of hydrogen-bond donors (Lipinski definition) is 1. The fraction of sp³-hybridized carbons (Fsp3) is 0.833.